The zero-order valence-electron chi connectivity index (χ0n) is 15.3. The number of aromatic nitrogens is 2. The predicted octanol–water partition coefficient (Wildman–Crippen LogP) is 3.04. The van der Waals surface area contributed by atoms with Gasteiger partial charge in [-0.05, 0) is 36.6 Å². The molecule has 7 heteroatoms. The van der Waals surface area contributed by atoms with Crippen molar-refractivity contribution in [2.45, 2.75) is 12.5 Å². The number of likely N-dealkylation sites (tertiary alicyclic amines) is 2. The van der Waals surface area contributed by atoms with Crippen LogP contribution >= 0.6 is 24.8 Å². The first-order valence-corrected chi connectivity index (χ1v) is 8.79. The predicted molar refractivity (Wildman–Crippen MR) is 109 cm³/mol. The molecule has 144 valence electrons. The van der Waals surface area contributed by atoms with Crippen molar-refractivity contribution in [1.29, 1.82) is 0 Å². The molecule has 0 saturated carbocycles. The van der Waals surface area contributed by atoms with Crippen LogP contribution < -0.4 is 4.74 Å². The van der Waals surface area contributed by atoms with Crippen LogP contribution in [0.4, 0.5) is 0 Å². The minimum Gasteiger partial charge on any atom is -0.497 e. The summed E-state index contributed by atoms with van der Waals surface area (Å²) >= 11 is 0. The van der Waals surface area contributed by atoms with Crippen LogP contribution in [-0.2, 0) is 6.42 Å². The summed E-state index contributed by atoms with van der Waals surface area (Å²) in [6.07, 6.45) is 4.75. The highest BCUT2D eigenvalue weighted by atomic mass is 35.5. The Balaban J connectivity index is 0.00000121. The van der Waals surface area contributed by atoms with Gasteiger partial charge in [0.15, 0.2) is 0 Å². The van der Waals surface area contributed by atoms with Gasteiger partial charge in [0.1, 0.15) is 11.6 Å². The summed E-state index contributed by atoms with van der Waals surface area (Å²) in [6.45, 7) is 4.69. The van der Waals surface area contributed by atoms with Crippen molar-refractivity contribution in [3.8, 4) is 5.75 Å². The van der Waals surface area contributed by atoms with E-state index in [0.717, 1.165) is 36.4 Å². The van der Waals surface area contributed by atoms with Crippen LogP contribution in [0.5, 0.6) is 5.75 Å². The third-order valence-corrected chi connectivity index (χ3v) is 5.65. The van der Waals surface area contributed by atoms with Gasteiger partial charge in [-0.25, -0.2) is 4.98 Å². The molecule has 26 heavy (non-hydrogen) atoms. The van der Waals surface area contributed by atoms with Crippen LogP contribution in [-0.4, -0.2) is 60.1 Å². The minimum absolute atomic E-state index is 0. The van der Waals surface area contributed by atoms with Crippen LogP contribution in [0.15, 0.2) is 36.7 Å². The zero-order chi connectivity index (χ0) is 16.5. The molecule has 1 aromatic carbocycles. The smallest absolute Gasteiger partial charge is 0.118 e. The lowest BCUT2D eigenvalue weighted by Crippen LogP contribution is -2.30. The molecule has 2 aliphatic heterocycles. The molecule has 5 nitrogen and oxygen atoms in total. The van der Waals surface area contributed by atoms with Crippen molar-refractivity contribution >= 4 is 24.8 Å². The molecule has 3 heterocycles. The van der Waals surface area contributed by atoms with Gasteiger partial charge < -0.3 is 14.6 Å². The van der Waals surface area contributed by atoms with Gasteiger partial charge >= 0.3 is 0 Å². The largest absolute Gasteiger partial charge is 0.497 e. The highest BCUT2D eigenvalue weighted by molar-refractivity contribution is 5.85. The molecule has 0 amide bonds. The fourth-order valence-electron chi connectivity index (χ4n) is 4.53. The number of nitrogens with one attached hydrogen (secondary N) is 1. The van der Waals surface area contributed by atoms with Crippen molar-refractivity contribution < 1.29 is 4.74 Å². The third kappa shape index (κ3) is 4.17. The van der Waals surface area contributed by atoms with Crippen molar-refractivity contribution in [3.05, 3.63) is 48.0 Å². The molecule has 0 bridgehead atoms. The molecule has 0 unspecified atom stereocenters. The highest BCUT2D eigenvalue weighted by Crippen LogP contribution is 2.44. The van der Waals surface area contributed by atoms with Gasteiger partial charge in [0.2, 0.25) is 0 Å². The fraction of sp³-hybridized carbons (Fsp3) is 0.526. The van der Waals surface area contributed by atoms with E-state index >= 15 is 0 Å². The number of fused-ring (bicyclic) bond motifs is 1. The van der Waals surface area contributed by atoms with E-state index in [-0.39, 0.29) is 24.8 Å². The molecular weight excluding hydrogens is 371 g/mol. The first-order valence-electron chi connectivity index (χ1n) is 8.79. The maximum absolute atomic E-state index is 5.30. The van der Waals surface area contributed by atoms with Crippen molar-refractivity contribution in [3.63, 3.8) is 0 Å². The minimum atomic E-state index is 0. The summed E-state index contributed by atoms with van der Waals surface area (Å²) in [7, 11) is 3.99. The first-order chi connectivity index (χ1) is 11.7. The Kier molecular flexibility index (Phi) is 7.35. The van der Waals surface area contributed by atoms with Crippen LogP contribution in [0.2, 0.25) is 0 Å². The van der Waals surface area contributed by atoms with E-state index in [0.29, 0.717) is 6.04 Å². The first kappa shape index (κ1) is 21.0. The molecule has 0 spiro atoms. The molecule has 3 atom stereocenters. The second-order valence-electron chi connectivity index (χ2n) is 7.13. The average Bonchev–Trinajstić information content (AvgIpc) is 3.29. The average molecular weight is 399 g/mol. The number of benzene rings is 1. The lowest BCUT2D eigenvalue weighted by Gasteiger charge is -2.27. The Morgan fingerprint density at radius 1 is 1.15 bits per heavy atom. The van der Waals surface area contributed by atoms with Gasteiger partial charge in [-0.2, -0.15) is 0 Å². The number of hydrogen-bond donors (Lipinski definition) is 1. The third-order valence-electron chi connectivity index (χ3n) is 5.65. The number of rotatable bonds is 5. The summed E-state index contributed by atoms with van der Waals surface area (Å²) in [6, 6.07) is 9.15. The van der Waals surface area contributed by atoms with Crippen molar-refractivity contribution in [2.75, 3.05) is 40.3 Å². The molecule has 2 aromatic rings. The standard InChI is InChI=1S/C19H26N4O.2ClH/c1-22-11-15-12-23(10-7-18-20-8-9-21-18)13-17(15)19(22)14-3-5-16(24-2)6-4-14;;/h3-6,8-9,15,17,19H,7,10-13H2,1-2H3,(H,20,21);2*1H/t15-,17+,19-;;/m0../s1. The Bertz CT molecular complexity index is 665. The van der Waals surface area contributed by atoms with E-state index in [9.17, 15) is 0 Å². The molecule has 4 rings (SSSR count). The van der Waals surface area contributed by atoms with Gasteiger partial charge in [-0.3, -0.25) is 4.90 Å². The van der Waals surface area contributed by atoms with E-state index in [1.807, 2.05) is 12.4 Å². The summed E-state index contributed by atoms with van der Waals surface area (Å²) < 4.78 is 5.30. The number of nitrogens with zero attached hydrogens (tertiary/aromatic N) is 3. The summed E-state index contributed by atoms with van der Waals surface area (Å²) in [5.74, 6) is 3.53. The van der Waals surface area contributed by atoms with Crippen LogP contribution in [0, 0.1) is 11.8 Å². The molecule has 2 fully saturated rings. The quantitative estimate of drug-likeness (QED) is 0.840. The summed E-state index contributed by atoms with van der Waals surface area (Å²) in [5.41, 5.74) is 1.42. The van der Waals surface area contributed by atoms with E-state index in [1.165, 1.54) is 25.2 Å². The second kappa shape index (κ2) is 9.09. The summed E-state index contributed by atoms with van der Waals surface area (Å²) in [5, 5.41) is 0. The lowest BCUT2D eigenvalue weighted by molar-refractivity contribution is 0.229. The number of H-pyrrole nitrogens is 1. The molecular formula is C19H28Cl2N4O. The van der Waals surface area contributed by atoms with Gasteiger partial charge in [0.05, 0.1) is 7.11 Å². The number of halogens is 2. The summed E-state index contributed by atoms with van der Waals surface area (Å²) in [4.78, 5) is 12.7. The van der Waals surface area contributed by atoms with Gasteiger partial charge in [-0.15, -0.1) is 24.8 Å². The molecule has 0 aliphatic carbocycles. The molecule has 1 aromatic heterocycles. The fourth-order valence-corrected chi connectivity index (χ4v) is 4.53. The van der Waals surface area contributed by atoms with E-state index in [1.54, 1.807) is 7.11 Å². The van der Waals surface area contributed by atoms with Gasteiger partial charge in [-0.1, -0.05) is 12.1 Å². The van der Waals surface area contributed by atoms with Gasteiger partial charge in [0.25, 0.3) is 0 Å². The highest BCUT2D eigenvalue weighted by Gasteiger charge is 2.45. The van der Waals surface area contributed by atoms with E-state index in [2.05, 4.69) is 51.1 Å². The zero-order valence-corrected chi connectivity index (χ0v) is 16.9. The van der Waals surface area contributed by atoms with E-state index in [4.69, 9.17) is 4.74 Å². The Labute approximate surface area is 167 Å². The second-order valence-corrected chi connectivity index (χ2v) is 7.13. The Morgan fingerprint density at radius 2 is 1.92 bits per heavy atom. The normalized spacial score (nSPS) is 25.4. The SMILES string of the molecule is COc1ccc([C@H]2[C@@H]3CN(CCc4ncc[nH]4)C[C@@H]3CN2C)cc1.Cl.Cl. The lowest BCUT2D eigenvalue weighted by atomic mass is 9.89. The van der Waals surface area contributed by atoms with Crippen LogP contribution in [0.25, 0.3) is 0 Å². The number of imidazole rings is 1. The number of hydrogen-bond acceptors (Lipinski definition) is 4. The number of ether oxygens (including phenoxy) is 1. The topological polar surface area (TPSA) is 44.4 Å². The van der Waals surface area contributed by atoms with Crippen LogP contribution in [0.3, 0.4) is 0 Å². The maximum atomic E-state index is 5.30. The van der Waals surface area contributed by atoms with Crippen LogP contribution in [0.1, 0.15) is 17.4 Å². The van der Waals surface area contributed by atoms with Gasteiger partial charge in [0, 0.05) is 51.0 Å². The molecule has 1 N–H and O–H groups in total. The van der Waals surface area contributed by atoms with Crippen molar-refractivity contribution in [1.82, 2.24) is 19.8 Å². The maximum Gasteiger partial charge on any atom is 0.118 e. The molecule has 2 aliphatic rings. The number of methoxy groups -OCH3 is 1. The van der Waals surface area contributed by atoms with Crippen molar-refractivity contribution in [2.24, 2.45) is 11.8 Å². The molecule has 2 saturated heterocycles. The molecule has 0 radical (unpaired) electrons. The van der Waals surface area contributed by atoms with E-state index < -0.39 is 0 Å². The monoisotopic (exact) mass is 398 g/mol. The Hall–Kier alpha value is -1.27. The Morgan fingerprint density at radius 3 is 2.58 bits per heavy atom. The number of aromatic amines is 1.